The number of nitrogens with one attached hydrogen (secondary N) is 1. The first kappa shape index (κ1) is 30.6. The Hall–Kier alpha value is -2.63. The van der Waals surface area contributed by atoms with Gasteiger partial charge in [0.1, 0.15) is 6.61 Å². The van der Waals surface area contributed by atoms with E-state index in [2.05, 4.69) is 30.5 Å². The van der Waals surface area contributed by atoms with Crippen LogP contribution in [0.2, 0.25) is 0 Å². The summed E-state index contributed by atoms with van der Waals surface area (Å²) in [5.41, 5.74) is 2.91. The zero-order valence-electron chi connectivity index (χ0n) is 22.3. The maximum atomic E-state index is 12.4. The minimum atomic E-state index is -0.129. The van der Waals surface area contributed by atoms with E-state index in [0.717, 1.165) is 12.0 Å². The molecule has 0 spiro atoms. The van der Waals surface area contributed by atoms with Crippen molar-refractivity contribution in [1.82, 2.24) is 15.1 Å². The zero-order valence-corrected chi connectivity index (χ0v) is 22.3. The zero-order chi connectivity index (χ0) is 26.7. The molecule has 0 saturated heterocycles. The number of rotatable bonds is 21. The van der Waals surface area contributed by atoms with Crippen LogP contribution >= 0.6 is 0 Å². The van der Waals surface area contributed by atoms with Crippen LogP contribution in [0, 0.1) is 0 Å². The number of aryl methyl sites for hydroxylation is 1. The number of nitrogens with zero attached hydrogens (tertiary/aromatic N) is 2. The van der Waals surface area contributed by atoms with Crippen LogP contribution in [0.4, 0.5) is 0 Å². The Balaban J connectivity index is 1.43. The molecule has 0 aliphatic carbocycles. The van der Waals surface area contributed by atoms with Gasteiger partial charge in [0.25, 0.3) is 5.91 Å². The second kappa shape index (κ2) is 18.6. The largest absolute Gasteiger partial charge is 0.377 e. The summed E-state index contributed by atoms with van der Waals surface area (Å²) in [6.07, 6.45) is 4.90. The number of ether oxygens (including phenoxy) is 5. The topological polar surface area (TPSA) is 110 Å². The average molecular weight is 520 g/mol. The minimum absolute atomic E-state index is 0.000332. The molecule has 1 aromatic carbocycles. The van der Waals surface area contributed by atoms with Crippen LogP contribution in [0.25, 0.3) is 0 Å². The van der Waals surface area contributed by atoms with Gasteiger partial charge in [-0.05, 0) is 43.5 Å². The molecule has 37 heavy (non-hydrogen) atoms. The third-order valence-electron chi connectivity index (χ3n) is 5.44. The molecule has 1 aromatic heterocycles. The highest BCUT2D eigenvalue weighted by molar-refractivity contribution is 5.94. The van der Waals surface area contributed by atoms with Crippen molar-refractivity contribution >= 4 is 11.7 Å². The molecule has 10 heteroatoms. The summed E-state index contributed by atoms with van der Waals surface area (Å²) in [6, 6.07) is 7.69. The molecule has 2 aromatic rings. The normalized spacial score (nSPS) is 12.0. The molecular formula is C27H41N3O7. The van der Waals surface area contributed by atoms with Gasteiger partial charge in [-0.2, -0.15) is 5.10 Å². The highest BCUT2D eigenvalue weighted by Crippen LogP contribution is 2.18. The predicted octanol–water partition coefficient (Wildman–Crippen LogP) is 2.46. The minimum Gasteiger partial charge on any atom is -0.377 e. The molecule has 1 N–H and O–H groups in total. The summed E-state index contributed by atoms with van der Waals surface area (Å²) in [5, 5.41) is 7.29. The van der Waals surface area contributed by atoms with Gasteiger partial charge >= 0.3 is 0 Å². The van der Waals surface area contributed by atoms with Crippen molar-refractivity contribution in [2.75, 3.05) is 72.6 Å². The Bertz CT molecular complexity index is 902. The smallest absolute Gasteiger partial charge is 0.251 e. The molecular weight excluding hydrogens is 478 g/mol. The standard InChI is InChI=1S/C27H41N3O7/c1-4-24-19-29-30(20-24)23(3)25-5-7-26(8-6-25)27(32)28-9-10-33-11-12-34-13-14-35-15-16-36-17-18-37-21-22(2)31/h5-8,19-20,23H,4,9-18,21H2,1-3H3,(H,28,32). The Morgan fingerprint density at radius 2 is 1.41 bits per heavy atom. The predicted molar refractivity (Wildman–Crippen MR) is 139 cm³/mol. The fraction of sp³-hybridized carbons (Fsp3) is 0.593. The fourth-order valence-corrected chi connectivity index (χ4v) is 3.27. The number of carbonyl (C=O) groups excluding carboxylic acids is 2. The van der Waals surface area contributed by atoms with Crippen LogP contribution < -0.4 is 5.32 Å². The molecule has 1 atom stereocenters. The maximum absolute atomic E-state index is 12.4. The lowest BCUT2D eigenvalue weighted by Gasteiger charge is -2.13. The maximum Gasteiger partial charge on any atom is 0.251 e. The molecule has 2 rings (SSSR count). The van der Waals surface area contributed by atoms with Gasteiger partial charge in [0.15, 0.2) is 5.78 Å². The number of ketones is 1. The van der Waals surface area contributed by atoms with Gasteiger partial charge < -0.3 is 29.0 Å². The molecule has 0 bridgehead atoms. The second-order valence-corrected chi connectivity index (χ2v) is 8.44. The summed E-state index contributed by atoms with van der Waals surface area (Å²) in [7, 11) is 0. The summed E-state index contributed by atoms with van der Waals surface area (Å²) in [5.74, 6) is -0.128. The van der Waals surface area contributed by atoms with Crippen LogP contribution in [0.15, 0.2) is 36.7 Å². The van der Waals surface area contributed by atoms with Gasteiger partial charge in [0.2, 0.25) is 0 Å². The van der Waals surface area contributed by atoms with E-state index >= 15 is 0 Å². The monoisotopic (exact) mass is 519 g/mol. The van der Waals surface area contributed by atoms with Crippen LogP contribution in [0.5, 0.6) is 0 Å². The highest BCUT2D eigenvalue weighted by Gasteiger charge is 2.11. The van der Waals surface area contributed by atoms with E-state index in [1.54, 1.807) is 0 Å². The molecule has 0 saturated carbocycles. The van der Waals surface area contributed by atoms with E-state index in [9.17, 15) is 9.59 Å². The Kier molecular flexibility index (Phi) is 15.4. The summed E-state index contributed by atoms with van der Waals surface area (Å²) in [6.45, 7) is 10.2. The van der Waals surface area contributed by atoms with Crippen molar-refractivity contribution in [3.05, 3.63) is 53.3 Å². The lowest BCUT2D eigenvalue weighted by molar-refractivity contribution is -0.122. The molecule has 0 aliphatic rings. The van der Waals surface area contributed by atoms with E-state index in [-0.39, 0.29) is 24.3 Å². The highest BCUT2D eigenvalue weighted by atomic mass is 16.6. The van der Waals surface area contributed by atoms with Gasteiger partial charge in [0.05, 0.1) is 71.7 Å². The van der Waals surface area contributed by atoms with E-state index < -0.39 is 0 Å². The second-order valence-electron chi connectivity index (χ2n) is 8.44. The Morgan fingerprint density at radius 1 is 0.865 bits per heavy atom. The number of Topliss-reactive ketones (excluding diaryl/α,β-unsaturated/α-hetero) is 1. The first-order valence-electron chi connectivity index (χ1n) is 12.8. The summed E-state index contributed by atoms with van der Waals surface area (Å²) < 4.78 is 28.7. The van der Waals surface area contributed by atoms with Crippen LogP contribution in [0.1, 0.15) is 48.3 Å². The number of benzene rings is 1. The lowest BCUT2D eigenvalue weighted by atomic mass is 10.1. The van der Waals surface area contributed by atoms with Crippen molar-refractivity contribution in [3.8, 4) is 0 Å². The Labute approximate surface area is 219 Å². The third kappa shape index (κ3) is 12.9. The number of hydrogen-bond donors (Lipinski definition) is 1. The van der Waals surface area contributed by atoms with Crippen molar-refractivity contribution in [2.45, 2.75) is 33.2 Å². The third-order valence-corrected chi connectivity index (χ3v) is 5.44. The van der Waals surface area contributed by atoms with E-state index in [1.807, 2.05) is 35.1 Å². The van der Waals surface area contributed by atoms with Gasteiger partial charge in [0, 0.05) is 18.3 Å². The van der Waals surface area contributed by atoms with E-state index in [4.69, 9.17) is 23.7 Å². The SMILES string of the molecule is CCc1cnn(C(C)c2ccc(C(=O)NCCOCCOCCOCCOCCOCC(C)=O)cc2)c1. The summed E-state index contributed by atoms with van der Waals surface area (Å²) >= 11 is 0. The lowest BCUT2D eigenvalue weighted by Crippen LogP contribution is -2.27. The molecule has 0 fully saturated rings. The van der Waals surface area contributed by atoms with Crippen LogP contribution in [-0.4, -0.2) is 94.1 Å². The van der Waals surface area contributed by atoms with Gasteiger partial charge in [-0.25, -0.2) is 0 Å². The molecule has 0 aliphatic heterocycles. The number of carbonyl (C=O) groups is 2. The van der Waals surface area contributed by atoms with Crippen LogP contribution in [-0.2, 0) is 34.9 Å². The fourth-order valence-electron chi connectivity index (χ4n) is 3.27. The molecule has 0 radical (unpaired) electrons. The first-order chi connectivity index (χ1) is 18.0. The quantitative estimate of drug-likeness (QED) is 0.251. The average Bonchev–Trinajstić information content (AvgIpc) is 3.39. The molecule has 1 amide bonds. The number of amides is 1. The molecule has 206 valence electrons. The number of hydrogen-bond acceptors (Lipinski definition) is 8. The summed E-state index contributed by atoms with van der Waals surface area (Å²) in [4.78, 5) is 23.1. The van der Waals surface area contributed by atoms with Crippen molar-refractivity contribution in [1.29, 1.82) is 0 Å². The van der Waals surface area contributed by atoms with Crippen molar-refractivity contribution < 1.29 is 33.3 Å². The van der Waals surface area contributed by atoms with Crippen molar-refractivity contribution in [3.63, 3.8) is 0 Å². The van der Waals surface area contributed by atoms with Crippen LogP contribution in [0.3, 0.4) is 0 Å². The van der Waals surface area contributed by atoms with Crippen molar-refractivity contribution in [2.24, 2.45) is 0 Å². The van der Waals surface area contributed by atoms with E-state index in [0.29, 0.717) is 71.6 Å². The number of aromatic nitrogens is 2. The molecule has 10 nitrogen and oxygen atoms in total. The Morgan fingerprint density at radius 3 is 1.92 bits per heavy atom. The first-order valence-corrected chi connectivity index (χ1v) is 12.8. The molecule has 1 unspecified atom stereocenters. The van der Waals surface area contributed by atoms with Gasteiger partial charge in [-0.15, -0.1) is 0 Å². The molecule has 1 heterocycles. The van der Waals surface area contributed by atoms with Gasteiger partial charge in [-0.1, -0.05) is 19.1 Å². The van der Waals surface area contributed by atoms with Gasteiger partial charge in [-0.3, -0.25) is 14.3 Å². The van der Waals surface area contributed by atoms with E-state index in [1.165, 1.54) is 12.5 Å².